The molecule has 1 amide bonds. The van der Waals surface area contributed by atoms with Gasteiger partial charge in [-0.2, -0.15) is 0 Å². The largest absolute Gasteiger partial charge is 0.492 e. The van der Waals surface area contributed by atoms with Gasteiger partial charge in [0.1, 0.15) is 16.2 Å². The molecule has 0 bridgehead atoms. The molecule has 1 unspecified atom stereocenters. The number of nitrogens with one attached hydrogen (secondary N) is 1. The summed E-state index contributed by atoms with van der Waals surface area (Å²) in [5.74, 6) is 0.0970. The van der Waals surface area contributed by atoms with Gasteiger partial charge in [-0.3, -0.25) is 9.52 Å². The Labute approximate surface area is 173 Å². The van der Waals surface area contributed by atoms with Crippen LogP contribution in [0.15, 0.2) is 57.8 Å². The molecule has 0 fully saturated rings. The number of nitrogens with zero attached hydrogens (tertiary/aromatic N) is 1. The molecule has 154 valence electrons. The maximum atomic E-state index is 12.7. The number of unbranched alkanes of at least 4 members (excludes halogenated alkanes) is 2. The van der Waals surface area contributed by atoms with Crippen molar-refractivity contribution in [1.29, 1.82) is 0 Å². The lowest BCUT2D eigenvalue weighted by Gasteiger charge is -2.11. The van der Waals surface area contributed by atoms with E-state index in [4.69, 9.17) is 9.15 Å². The predicted octanol–water partition coefficient (Wildman–Crippen LogP) is 4.52. The van der Waals surface area contributed by atoms with Gasteiger partial charge in [-0.25, -0.2) is 4.21 Å². The summed E-state index contributed by atoms with van der Waals surface area (Å²) >= 11 is 0. The van der Waals surface area contributed by atoms with E-state index in [1.807, 2.05) is 43.3 Å². The number of carbonyl (C=O) groups is 1. The average Bonchev–Trinajstić information content (AvgIpc) is 3.15. The summed E-state index contributed by atoms with van der Waals surface area (Å²) in [6.07, 6.45) is 3.10. The second kappa shape index (κ2) is 9.60. The first-order chi connectivity index (χ1) is 14.0. The zero-order valence-electron chi connectivity index (χ0n) is 16.9. The van der Waals surface area contributed by atoms with Crippen molar-refractivity contribution in [2.24, 2.45) is 0 Å². The highest BCUT2D eigenvalue weighted by molar-refractivity contribution is 7.83. The van der Waals surface area contributed by atoms with Crippen molar-refractivity contribution in [1.82, 2.24) is 4.72 Å². The monoisotopic (exact) mass is 414 g/mol. The highest BCUT2D eigenvalue weighted by Gasteiger charge is 2.18. The van der Waals surface area contributed by atoms with E-state index in [1.54, 1.807) is 24.3 Å². The fourth-order valence-electron chi connectivity index (χ4n) is 2.86. The molecule has 7 heteroatoms. The van der Waals surface area contributed by atoms with Gasteiger partial charge in [-0.1, -0.05) is 31.9 Å². The van der Waals surface area contributed by atoms with Crippen LogP contribution in [0.1, 0.15) is 36.7 Å². The molecule has 0 radical (unpaired) electrons. The normalized spacial score (nSPS) is 12.0. The first kappa shape index (κ1) is 20.9. The van der Waals surface area contributed by atoms with Gasteiger partial charge in [0.2, 0.25) is 0 Å². The quantitative estimate of drug-likeness (QED) is 0.521. The number of fused-ring (bicyclic) bond motifs is 1. The van der Waals surface area contributed by atoms with Crippen LogP contribution in [0.2, 0.25) is 0 Å². The third-order valence-corrected chi connectivity index (χ3v) is 5.59. The average molecular weight is 415 g/mol. The third kappa shape index (κ3) is 5.17. The Bertz CT molecular complexity index is 1010. The zero-order valence-corrected chi connectivity index (χ0v) is 17.8. The summed E-state index contributed by atoms with van der Waals surface area (Å²) in [6, 6.07) is 14.4. The molecule has 6 nitrogen and oxygen atoms in total. The fourth-order valence-corrected chi connectivity index (χ4v) is 3.75. The van der Waals surface area contributed by atoms with Crippen molar-refractivity contribution in [2.75, 3.05) is 25.6 Å². The maximum absolute atomic E-state index is 12.7. The van der Waals surface area contributed by atoms with Crippen LogP contribution in [-0.4, -0.2) is 30.8 Å². The van der Waals surface area contributed by atoms with Crippen molar-refractivity contribution in [2.45, 2.75) is 31.1 Å². The number of furan rings is 1. The van der Waals surface area contributed by atoms with Crippen molar-refractivity contribution >= 4 is 33.5 Å². The first-order valence-corrected chi connectivity index (χ1v) is 10.8. The van der Waals surface area contributed by atoms with Crippen LogP contribution in [0.4, 0.5) is 5.69 Å². The van der Waals surface area contributed by atoms with E-state index in [1.165, 1.54) is 0 Å². The molecule has 0 aliphatic carbocycles. The molecule has 1 aromatic heterocycles. The Morgan fingerprint density at radius 2 is 1.93 bits per heavy atom. The second-order valence-electron chi connectivity index (χ2n) is 6.93. The van der Waals surface area contributed by atoms with Crippen LogP contribution in [0.3, 0.4) is 0 Å². The van der Waals surface area contributed by atoms with Gasteiger partial charge in [0.25, 0.3) is 5.91 Å². The molecule has 1 N–H and O–H groups in total. The number of hydrogen-bond donors (Lipinski definition) is 1. The molecule has 3 rings (SSSR count). The van der Waals surface area contributed by atoms with Crippen molar-refractivity contribution in [3.63, 3.8) is 0 Å². The molecule has 0 saturated heterocycles. The minimum Gasteiger partial charge on any atom is -0.492 e. The van der Waals surface area contributed by atoms with Gasteiger partial charge in [0, 0.05) is 31.2 Å². The number of carbonyl (C=O) groups excluding carboxylic acids is 1. The number of benzene rings is 2. The molecule has 0 aliphatic heterocycles. The van der Waals surface area contributed by atoms with E-state index in [0.717, 1.165) is 30.3 Å². The van der Waals surface area contributed by atoms with Crippen LogP contribution in [-0.2, 0) is 11.0 Å². The van der Waals surface area contributed by atoms with Crippen LogP contribution in [0.5, 0.6) is 5.75 Å². The molecular formula is C22H26N2O4S. The smallest absolute Gasteiger partial charge is 0.298 e. The Morgan fingerprint density at radius 3 is 2.69 bits per heavy atom. The zero-order chi connectivity index (χ0) is 20.8. The van der Waals surface area contributed by atoms with Crippen molar-refractivity contribution in [3.8, 4) is 5.75 Å². The standard InChI is InChI=1S/C22H26N2O4S/c1-4-5-8-13-27-18-9-6-7-10-21(18)29(26)23-22(25)20-14-16-11-12-17(24(2)3)15-19(16)28-20/h6-7,9-12,14-15H,4-5,8,13H2,1-3H3,(H,23,25). The Hall–Kier alpha value is -2.80. The van der Waals surface area contributed by atoms with Gasteiger partial charge in [0.15, 0.2) is 16.7 Å². The molecule has 3 aromatic rings. The third-order valence-electron chi connectivity index (χ3n) is 4.48. The molecule has 2 aromatic carbocycles. The van der Waals surface area contributed by atoms with Crippen LogP contribution in [0.25, 0.3) is 11.0 Å². The molecule has 0 aliphatic rings. The molecule has 0 spiro atoms. The lowest BCUT2D eigenvalue weighted by Crippen LogP contribution is -2.25. The van der Waals surface area contributed by atoms with Crippen LogP contribution in [0, 0.1) is 0 Å². The minimum absolute atomic E-state index is 0.116. The Morgan fingerprint density at radius 1 is 1.14 bits per heavy atom. The summed E-state index contributed by atoms with van der Waals surface area (Å²) in [4.78, 5) is 15.0. The van der Waals surface area contributed by atoms with E-state index in [-0.39, 0.29) is 5.76 Å². The summed E-state index contributed by atoms with van der Waals surface area (Å²) in [6.45, 7) is 2.67. The van der Waals surface area contributed by atoms with Crippen molar-refractivity contribution < 1.29 is 18.2 Å². The number of ether oxygens (including phenoxy) is 1. The lowest BCUT2D eigenvalue weighted by molar-refractivity contribution is 0.0958. The molecule has 0 saturated carbocycles. The number of amides is 1. The predicted molar refractivity (Wildman–Crippen MR) is 116 cm³/mol. The second-order valence-corrected chi connectivity index (χ2v) is 8.11. The number of hydrogen-bond acceptors (Lipinski definition) is 5. The molecule has 29 heavy (non-hydrogen) atoms. The fraction of sp³-hybridized carbons (Fsp3) is 0.318. The Balaban J connectivity index is 1.72. The van der Waals surface area contributed by atoms with E-state index >= 15 is 0 Å². The lowest BCUT2D eigenvalue weighted by atomic mass is 10.2. The number of rotatable bonds is 9. The Kier molecular flexibility index (Phi) is 6.93. The number of para-hydroxylation sites is 1. The van der Waals surface area contributed by atoms with Gasteiger partial charge in [-0.05, 0) is 36.8 Å². The van der Waals surface area contributed by atoms with E-state index in [9.17, 15) is 9.00 Å². The van der Waals surface area contributed by atoms with Gasteiger partial charge in [-0.15, -0.1) is 0 Å². The molecule has 1 heterocycles. The van der Waals surface area contributed by atoms with E-state index in [2.05, 4.69) is 11.6 Å². The summed E-state index contributed by atoms with van der Waals surface area (Å²) in [5.41, 5.74) is 1.57. The minimum atomic E-state index is -1.76. The first-order valence-electron chi connectivity index (χ1n) is 9.65. The highest BCUT2D eigenvalue weighted by Crippen LogP contribution is 2.25. The van der Waals surface area contributed by atoms with Gasteiger partial charge < -0.3 is 14.1 Å². The van der Waals surface area contributed by atoms with E-state index in [0.29, 0.717) is 22.8 Å². The van der Waals surface area contributed by atoms with Crippen LogP contribution >= 0.6 is 0 Å². The van der Waals surface area contributed by atoms with Crippen LogP contribution < -0.4 is 14.4 Å². The topological polar surface area (TPSA) is 71.8 Å². The van der Waals surface area contributed by atoms with Gasteiger partial charge >= 0.3 is 0 Å². The summed E-state index contributed by atoms with van der Waals surface area (Å²) in [5, 5.41) is 0.811. The van der Waals surface area contributed by atoms with E-state index < -0.39 is 16.9 Å². The summed E-state index contributed by atoms with van der Waals surface area (Å²) in [7, 11) is 2.11. The summed E-state index contributed by atoms with van der Waals surface area (Å²) < 4.78 is 26.7. The highest BCUT2D eigenvalue weighted by atomic mass is 32.2. The van der Waals surface area contributed by atoms with Crippen molar-refractivity contribution in [3.05, 3.63) is 54.3 Å². The molecule has 1 atom stereocenters. The molecular weight excluding hydrogens is 388 g/mol. The SMILES string of the molecule is CCCCCOc1ccccc1S(=O)NC(=O)c1cc2ccc(N(C)C)cc2o1. The van der Waals surface area contributed by atoms with Gasteiger partial charge in [0.05, 0.1) is 6.61 Å². The maximum Gasteiger partial charge on any atom is 0.298 e. The number of anilines is 1.